The first-order valence-corrected chi connectivity index (χ1v) is 13.7. The van der Waals surface area contributed by atoms with Gasteiger partial charge in [-0.05, 0) is 12.8 Å². The summed E-state index contributed by atoms with van der Waals surface area (Å²) in [7, 11) is -3.34. The Kier molecular flexibility index (Phi) is 5.65. The minimum absolute atomic E-state index is 0.180. The molecule has 2 aliphatic heterocycles. The van der Waals surface area contributed by atoms with Crippen LogP contribution in [0.1, 0.15) is 25.3 Å². The first-order chi connectivity index (χ1) is 17.4. The lowest BCUT2D eigenvalue weighted by atomic mass is 9.89. The second-order valence-corrected chi connectivity index (χ2v) is 11.5. The Bertz CT molecular complexity index is 1500. The van der Waals surface area contributed by atoms with Crippen molar-refractivity contribution in [1.29, 1.82) is 0 Å². The Morgan fingerprint density at radius 2 is 1.92 bits per heavy atom. The predicted octanol–water partition coefficient (Wildman–Crippen LogP) is 2.14. The Balaban J connectivity index is 1.35. The number of imidazole rings is 1. The molecule has 0 aromatic carbocycles. The van der Waals surface area contributed by atoms with E-state index >= 15 is 0 Å². The Labute approximate surface area is 207 Å². The van der Waals surface area contributed by atoms with Crippen LogP contribution in [-0.4, -0.2) is 85.9 Å². The minimum atomic E-state index is -3.34. The van der Waals surface area contributed by atoms with Gasteiger partial charge in [-0.15, -0.1) is 0 Å². The van der Waals surface area contributed by atoms with E-state index in [4.69, 9.17) is 9.72 Å². The second kappa shape index (κ2) is 8.75. The van der Waals surface area contributed by atoms with Gasteiger partial charge in [0.25, 0.3) is 0 Å². The van der Waals surface area contributed by atoms with Gasteiger partial charge >= 0.3 is 0 Å². The lowest BCUT2D eigenvalue weighted by molar-refractivity contribution is 0.0520. The average Bonchev–Trinajstić information content (AvgIpc) is 3.61. The highest BCUT2D eigenvalue weighted by molar-refractivity contribution is 7.88. The lowest BCUT2D eigenvalue weighted by Gasteiger charge is -2.48. The molecule has 190 valence electrons. The zero-order valence-corrected chi connectivity index (χ0v) is 20.7. The molecule has 2 aliphatic rings. The van der Waals surface area contributed by atoms with Gasteiger partial charge in [0.15, 0.2) is 0 Å². The maximum Gasteiger partial charge on any atom is 0.211 e. The molecule has 0 unspecified atom stereocenters. The van der Waals surface area contributed by atoms with Crippen molar-refractivity contribution in [1.82, 2.24) is 38.2 Å². The van der Waals surface area contributed by atoms with Gasteiger partial charge in [0.2, 0.25) is 10.0 Å². The van der Waals surface area contributed by atoms with E-state index in [9.17, 15) is 12.8 Å². The molecular weight excluding hydrogens is 487 g/mol. The Hall–Kier alpha value is -3.16. The van der Waals surface area contributed by atoms with E-state index in [0.717, 1.165) is 54.8 Å². The molecule has 0 spiro atoms. The standard InChI is InChI=1S/C23H27FN8O3S/c1-36(33,34)29-15-23(16-29,4-5-24)32-14-18(12-27-32)22-28-20(10-21-25-6-7-30(21)22)17-11-26-31(13-17)19-2-8-35-9-3-19/h6-7,10-14,19H,2-5,8-9,15-16H2,1H3. The van der Waals surface area contributed by atoms with Gasteiger partial charge in [0.1, 0.15) is 11.5 Å². The summed E-state index contributed by atoms with van der Waals surface area (Å²) in [6.07, 6.45) is 14.1. The van der Waals surface area contributed by atoms with E-state index < -0.39 is 22.2 Å². The number of sulfonamides is 1. The quantitative estimate of drug-likeness (QED) is 0.371. The highest BCUT2D eigenvalue weighted by Crippen LogP contribution is 2.35. The fourth-order valence-electron chi connectivity index (χ4n) is 5.03. The largest absolute Gasteiger partial charge is 0.381 e. The van der Waals surface area contributed by atoms with E-state index in [0.29, 0.717) is 11.9 Å². The van der Waals surface area contributed by atoms with Crippen LogP contribution in [0.2, 0.25) is 0 Å². The summed E-state index contributed by atoms with van der Waals surface area (Å²) in [6, 6.07) is 2.22. The molecule has 0 saturated carbocycles. The molecule has 6 rings (SSSR count). The molecule has 13 heteroatoms. The van der Waals surface area contributed by atoms with Gasteiger partial charge in [0.05, 0.1) is 48.2 Å². The van der Waals surface area contributed by atoms with Crippen molar-refractivity contribution in [3.8, 4) is 22.6 Å². The van der Waals surface area contributed by atoms with E-state index in [1.54, 1.807) is 17.1 Å². The van der Waals surface area contributed by atoms with E-state index in [1.165, 1.54) is 4.31 Å². The molecule has 0 aliphatic carbocycles. The average molecular weight is 515 g/mol. The number of fused-ring (bicyclic) bond motifs is 1. The van der Waals surface area contributed by atoms with Crippen LogP contribution in [0.4, 0.5) is 4.39 Å². The molecule has 2 fully saturated rings. The van der Waals surface area contributed by atoms with Crippen molar-refractivity contribution in [2.24, 2.45) is 0 Å². The summed E-state index contributed by atoms with van der Waals surface area (Å²) in [5, 5.41) is 9.08. The maximum atomic E-state index is 13.4. The van der Waals surface area contributed by atoms with Gasteiger partial charge in [-0.3, -0.25) is 18.2 Å². The van der Waals surface area contributed by atoms with Crippen LogP contribution < -0.4 is 0 Å². The van der Waals surface area contributed by atoms with Crippen molar-refractivity contribution in [2.45, 2.75) is 30.8 Å². The number of alkyl halides is 1. The van der Waals surface area contributed by atoms with E-state index in [-0.39, 0.29) is 19.5 Å². The number of halogens is 1. The number of hydrogen-bond donors (Lipinski definition) is 0. The predicted molar refractivity (Wildman–Crippen MR) is 130 cm³/mol. The zero-order chi connectivity index (χ0) is 24.9. The fraction of sp³-hybridized carbons (Fsp3) is 0.478. The van der Waals surface area contributed by atoms with Crippen LogP contribution in [0.3, 0.4) is 0 Å². The highest BCUT2D eigenvalue weighted by Gasteiger charge is 2.48. The Morgan fingerprint density at radius 3 is 2.67 bits per heavy atom. The van der Waals surface area contributed by atoms with Gasteiger partial charge < -0.3 is 4.74 Å². The molecule has 0 radical (unpaired) electrons. The number of aromatic nitrogens is 7. The minimum Gasteiger partial charge on any atom is -0.381 e. The first kappa shape index (κ1) is 23.3. The van der Waals surface area contributed by atoms with Crippen LogP contribution in [0.5, 0.6) is 0 Å². The van der Waals surface area contributed by atoms with Crippen LogP contribution in [0.15, 0.2) is 43.2 Å². The van der Waals surface area contributed by atoms with Gasteiger partial charge in [-0.25, -0.2) is 18.4 Å². The van der Waals surface area contributed by atoms with Gasteiger partial charge in [0, 0.05) is 69.1 Å². The second-order valence-electron chi connectivity index (χ2n) is 9.54. The molecule has 0 atom stereocenters. The normalized spacial score (nSPS) is 19.1. The smallest absolute Gasteiger partial charge is 0.211 e. The van der Waals surface area contributed by atoms with Crippen LogP contribution in [0.25, 0.3) is 28.3 Å². The van der Waals surface area contributed by atoms with Crippen LogP contribution >= 0.6 is 0 Å². The van der Waals surface area contributed by atoms with Crippen molar-refractivity contribution in [3.63, 3.8) is 0 Å². The van der Waals surface area contributed by atoms with Crippen molar-refractivity contribution in [3.05, 3.63) is 43.2 Å². The number of ether oxygens (including phenoxy) is 1. The molecule has 6 heterocycles. The molecule has 4 aromatic rings. The monoisotopic (exact) mass is 514 g/mol. The third kappa shape index (κ3) is 4.00. The Morgan fingerprint density at radius 1 is 1.14 bits per heavy atom. The molecule has 4 aromatic heterocycles. The van der Waals surface area contributed by atoms with Gasteiger partial charge in [-0.2, -0.15) is 14.5 Å². The summed E-state index contributed by atoms with van der Waals surface area (Å²) in [5.74, 6) is 0.639. The summed E-state index contributed by atoms with van der Waals surface area (Å²) < 4.78 is 49.6. The summed E-state index contributed by atoms with van der Waals surface area (Å²) in [4.78, 5) is 9.39. The van der Waals surface area contributed by atoms with Crippen molar-refractivity contribution >= 4 is 15.7 Å². The molecule has 36 heavy (non-hydrogen) atoms. The first-order valence-electron chi connectivity index (χ1n) is 11.9. The summed E-state index contributed by atoms with van der Waals surface area (Å²) in [6.45, 7) is 1.28. The lowest BCUT2D eigenvalue weighted by Crippen LogP contribution is -2.64. The third-order valence-electron chi connectivity index (χ3n) is 7.15. The van der Waals surface area contributed by atoms with Crippen molar-refractivity contribution < 1.29 is 17.5 Å². The highest BCUT2D eigenvalue weighted by atomic mass is 32.2. The molecule has 0 amide bonds. The fourth-order valence-corrected chi connectivity index (χ4v) is 5.98. The maximum absolute atomic E-state index is 13.4. The third-order valence-corrected chi connectivity index (χ3v) is 8.35. The molecule has 11 nitrogen and oxygen atoms in total. The van der Waals surface area contributed by atoms with E-state index in [2.05, 4.69) is 15.2 Å². The molecular formula is C23H27FN8O3S. The number of hydrogen-bond acceptors (Lipinski definition) is 7. The molecule has 0 bridgehead atoms. The topological polar surface area (TPSA) is 112 Å². The summed E-state index contributed by atoms with van der Waals surface area (Å²) in [5.41, 5.74) is 2.36. The number of nitrogens with zero attached hydrogens (tertiary/aromatic N) is 8. The van der Waals surface area contributed by atoms with E-state index in [1.807, 2.05) is 39.9 Å². The number of rotatable bonds is 7. The van der Waals surface area contributed by atoms with Crippen molar-refractivity contribution in [2.75, 3.05) is 39.2 Å². The zero-order valence-electron chi connectivity index (χ0n) is 19.9. The summed E-state index contributed by atoms with van der Waals surface area (Å²) >= 11 is 0. The molecule has 0 N–H and O–H groups in total. The van der Waals surface area contributed by atoms with Gasteiger partial charge in [-0.1, -0.05) is 0 Å². The molecule has 2 saturated heterocycles. The van der Waals surface area contributed by atoms with Crippen LogP contribution in [0, 0.1) is 0 Å². The SMILES string of the molecule is CS(=O)(=O)N1CC(CCF)(n2cc(-c3nc(-c4cnn(C5CCOCC5)c4)cc4nccn34)cn2)C1. The van der Waals surface area contributed by atoms with Crippen LogP contribution in [-0.2, 0) is 20.3 Å².